The van der Waals surface area contributed by atoms with Gasteiger partial charge in [-0.2, -0.15) is 0 Å². The SMILES string of the molecule is C#CC(C(=O)O)([PH](=O)O)C(C)(O)c1c(-c2ccc(F)cc2)nc2ccccc2c1C(C)C. The summed E-state index contributed by atoms with van der Waals surface area (Å²) in [5.74, 6) is -0.647. The molecular weight excluding hydrogens is 432 g/mol. The van der Waals surface area contributed by atoms with Crippen molar-refractivity contribution in [3.05, 3.63) is 65.5 Å². The third-order valence-electron chi connectivity index (χ3n) is 5.70. The van der Waals surface area contributed by atoms with Crippen molar-refractivity contribution in [1.82, 2.24) is 4.98 Å². The van der Waals surface area contributed by atoms with E-state index >= 15 is 0 Å². The van der Waals surface area contributed by atoms with Crippen LogP contribution in [0.25, 0.3) is 22.2 Å². The fourth-order valence-corrected chi connectivity index (χ4v) is 4.95. The second kappa shape index (κ2) is 8.48. The van der Waals surface area contributed by atoms with Gasteiger partial charge in [-0.1, -0.05) is 38.0 Å². The van der Waals surface area contributed by atoms with Crippen molar-refractivity contribution in [3.63, 3.8) is 0 Å². The quantitative estimate of drug-likeness (QED) is 0.378. The molecule has 0 radical (unpaired) electrons. The second-order valence-corrected chi connectivity index (χ2v) is 9.36. The number of aliphatic carboxylic acids is 1. The molecule has 2 aromatic carbocycles. The summed E-state index contributed by atoms with van der Waals surface area (Å²) < 4.78 is 26.0. The number of aliphatic hydroxyl groups is 1. The summed E-state index contributed by atoms with van der Waals surface area (Å²) >= 11 is 0. The standard InChI is InChI=1S/C24H23FNO5P/c1-5-24(22(27)28,32(30)31)23(4,29)20-19(14(2)3)17-8-6-7-9-18(17)26-21(20)15-10-12-16(25)13-11-15/h1,6-14,29,32H,2-4H3,(H,27,28)(H,30,31). The number of hydrogen-bond donors (Lipinski definition) is 3. The minimum Gasteiger partial charge on any atom is -0.480 e. The summed E-state index contributed by atoms with van der Waals surface area (Å²) in [5, 5.41) is 19.5. The first-order valence-electron chi connectivity index (χ1n) is 9.85. The number of terminal acetylenes is 1. The molecule has 1 heterocycles. The fraction of sp³-hybridized carbons (Fsp3) is 0.250. The molecule has 3 rings (SSSR count). The van der Waals surface area contributed by atoms with Gasteiger partial charge in [-0.25, -0.2) is 14.2 Å². The first-order chi connectivity index (χ1) is 15.0. The van der Waals surface area contributed by atoms with Crippen molar-refractivity contribution >= 4 is 24.9 Å². The van der Waals surface area contributed by atoms with Crippen LogP contribution in [0.3, 0.4) is 0 Å². The summed E-state index contributed by atoms with van der Waals surface area (Å²) in [7, 11) is -4.01. The Morgan fingerprint density at radius 2 is 1.78 bits per heavy atom. The van der Waals surface area contributed by atoms with E-state index in [4.69, 9.17) is 6.42 Å². The van der Waals surface area contributed by atoms with Crippen LogP contribution in [0.5, 0.6) is 0 Å². The third-order valence-corrected chi connectivity index (χ3v) is 7.19. The Bertz CT molecular complexity index is 1250. The highest BCUT2D eigenvalue weighted by Gasteiger charge is 2.60. The smallest absolute Gasteiger partial charge is 0.335 e. The van der Waals surface area contributed by atoms with Gasteiger partial charge in [0, 0.05) is 16.5 Å². The zero-order valence-electron chi connectivity index (χ0n) is 17.8. The van der Waals surface area contributed by atoms with Crippen LogP contribution in [0.2, 0.25) is 0 Å². The van der Waals surface area contributed by atoms with Crippen LogP contribution in [0.1, 0.15) is 37.8 Å². The molecule has 0 aliphatic rings. The number of benzene rings is 2. The molecule has 0 bridgehead atoms. The fourth-order valence-electron chi connectivity index (χ4n) is 4.11. The van der Waals surface area contributed by atoms with Crippen molar-refractivity contribution < 1.29 is 28.9 Å². The summed E-state index contributed by atoms with van der Waals surface area (Å²) in [6, 6.07) is 12.4. The zero-order chi connectivity index (χ0) is 23.8. The number of aromatic nitrogens is 1. The Labute approximate surface area is 185 Å². The van der Waals surface area contributed by atoms with Crippen molar-refractivity contribution in [3.8, 4) is 23.6 Å². The van der Waals surface area contributed by atoms with E-state index in [1.54, 1.807) is 24.3 Å². The highest BCUT2D eigenvalue weighted by Crippen LogP contribution is 2.53. The van der Waals surface area contributed by atoms with Gasteiger partial charge in [0.25, 0.3) is 0 Å². The Balaban J connectivity index is 2.59. The maximum atomic E-state index is 13.6. The predicted octanol–water partition coefficient (Wildman–Crippen LogP) is 4.30. The lowest BCUT2D eigenvalue weighted by Crippen LogP contribution is -2.53. The lowest BCUT2D eigenvalue weighted by Gasteiger charge is -2.39. The highest BCUT2D eigenvalue weighted by molar-refractivity contribution is 7.42. The molecule has 0 saturated carbocycles. The van der Waals surface area contributed by atoms with Gasteiger partial charge in [0.15, 0.2) is 0 Å². The van der Waals surface area contributed by atoms with Gasteiger partial charge in [0.1, 0.15) is 11.4 Å². The van der Waals surface area contributed by atoms with Gasteiger partial charge >= 0.3 is 5.97 Å². The molecule has 3 unspecified atom stereocenters. The van der Waals surface area contributed by atoms with Gasteiger partial charge in [-0.3, -0.25) is 4.57 Å². The minimum absolute atomic E-state index is 0.0190. The van der Waals surface area contributed by atoms with Crippen LogP contribution in [0, 0.1) is 18.2 Å². The first kappa shape index (κ1) is 23.6. The predicted molar refractivity (Wildman–Crippen MR) is 121 cm³/mol. The van der Waals surface area contributed by atoms with E-state index in [1.165, 1.54) is 24.3 Å². The molecule has 0 fully saturated rings. The Morgan fingerprint density at radius 3 is 2.28 bits per heavy atom. The molecule has 1 aromatic heterocycles. The van der Waals surface area contributed by atoms with Crippen molar-refractivity contribution in [1.29, 1.82) is 0 Å². The number of carbonyl (C=O) groups is 1. The van der Waals surface area contributed by atoms with E-state index in [2.05, 4.69) is 4.98 Å². The Hall–Kier alpha value is -3.04. The normalized spacial score (nSPS) is 16.2. The number of fused-ring (bicyclic) bond motifs is 1. The van der Waals surface area contributed by atoms with E-state index in [0.717, 1.165) is 6.92 Å². The van der Waals surface area contributed by atoms with Crippen molar-refractivity contribution in [2.45, 2.75) is 37.4 Å². The molecule has 0 amide bonds. The number of halogens is 1. The van der Waals surface area contributed by atoms with E-state index in [1.807, 2.05) is 19.8 Å². The van der Waals surface area contributed by atoms with E-state index in [-0.39, 0.29) is 17.2 Å². The van der Waals surface area contributed by atoms with Gasteiger partial charge in [0.05, 0.1) is 11.2 Å². The topological polar surface area (TPSA) is 108 Å². The lowest BCUT2D eigenvalue weighted by atomic mass is 9.75. The summed E-state index contributed by atoms with van der Waals surface area (Å²) in [4.78, 5) is 26.9. The van der Waals surface area contributed by atoms with E-state index < -0.39 is 30.6 Å². The van der Waals surface area contributed by atoms with Crippen LogP contribution in [0.4, 0.5) is 4.39 Å². The molecule has 166 valence electrons. The average Bonchev–Trinajstić information content (AvgIpc) is 2.72. The number of rotatable bonds is 6. The van der Waals surface area contributed by atoms with Crippen molar-refractivity contribution in [2.75, 3.05) is 0 Å². The Kier molecular flexibility index (Phi) is 6.26. The number of carboxylic acids is 1. The molecule has 0 saturated heterocycles. The molecule has 3 aromatic rings. The van der Waals surface area contributed by atoms with Gasteiger partial charge in [-0.05, 0) is 48.7 Å². The van der Waals surface area contributed by atoms with Crippen molar-refractivity contribution in [2.24, 2.45) is 0 Å². The van der Waals surface area contributed by atoms with Crippen LogP contribution in [0.15, 0.2) is 48.5 Å². The molecule has 0 aliphatic heterocycles. The number of hydrogen-bond acceptors (Lipinski definition) is 4. The van der Waals surface area contributed by atoms with Crippen LogP contribution < -0.4 is 0 Å². The number of carboxylic acid groups (broad SMARTS) is 1. The molecule has 3 N–H and O–H groups in total. The monoisotopic (exact) mass is 455 g/mol. The molecule has 32 heavy (non-hydrogen) atoms. The summed E-state index contributed by atoms with van der Waals surface area (Å²) in [6.45, 7) is 4.80. The van der Waals surface area contributed by atoms with Gasteiger partial charge in [0.2, 0.25) is 13.2 Å². The van der Waals surface area contributed by atoms with E-state index in [9.17, 15) is 28.9 Å². The number of nitrogens with zero attached hydrogens (tertiary/aromatic N) is 1. The van der Waals surface area contributed by atoms with Gasteiger partial charge < -0.3 is 15.1 Å². The largest absolute Gasteiger partial charge is 0.480 e. The average molecular weight is 455 g/mol. The Morgan fingerprint density at radius 1 is 1.19 bits per heavy atom. The maximum absolute atomic E-state index is 13.6. The maximum Gasteiger partial charge on any atom is 0.335 e. The molecule has 6 nitrogen and oxygen atoms in total. The zero-order valence-corrected chi connectivity index (χ0v) is 18.8. The number of para-hydroxylation sites is 1. The highest BCUT2D eigenvalue weighted by atomic mass is 31.1. The first-order valence-corrected chi connectivity index (χ1v) is 11.2. The lowest BCUT2D eigenvalue weighted by molar-refractivity contribution is -0.145. The second-order valence-electron chi connectivity index (χ2n) is 8.00. The molecule has 0 aliphatic carbocycles. The van der Waals surface area contributed by atoms with Crippen LogP contribution in [-0.4, -0.2) is 31.2 Å². The van der Waals surface area contributed by atoms with Crippen LogP contribution >= 0.6 is 8.03 Å². The van der Waals surface area contributed by atoms with E-state index in [0.29, 0.717) is 22.0 Å². The summed E-state index contributed by atoms with van der Waals surface area (Å²) in [5.41, 5.74) is -0.841. The molecular formula is C24H23FNO5P. The molecule has 8 heteroatoms. The number of pyridine rings is 1. The minimum atomic E-state index is -4.01. The van der Waals surface area contributed by atoms with Gasteiger partial charge in [-0.15, -0.1) is 6.42 Å². The molecule has 3 atom stereocenters. The van der Waals surface area contributed by atoms with Crippen LogP contribution in [-0.2, 0) is 15.0 Å². The summed E-state index contributed by atoms with van der Waals surface area (Å²) in [6.07, 6.45) is 5.49. The molecule has 0 spiro atoms. The third kappa shape index (κ3) is 3.51.